The molecule has 1 amide bonds. The van der Waals surface area contributed by atoms with Crippen LogP contribution in [0.5, 0.6) is 11.5 Å². The summed E-state index contributed by atoms with van der Waals surface area (Å²) in [4.78, 5) is 18.4. The second kappa shape index (κ2) is 8.88. The van der Waals surface area contributed by atoms with Gasteiger partial charge in [0.25, 0.3) is 5.91 Å². The monoisotopic (exact) mass is 445 g/mol. The molecule has 0 aliphatic rings. The molecular formula is C20H20BrN3O4. The first-order chi connectivity index (χ1) is 13.5. The summed E-state index contributed by atoms with van der Waals surface area (Å²) >= 11 is 3.37. The Balaban J connectivity index is 1.60. The summed E-state index contributed by atoms with van der Waals surface area (Å²) in [5.41, 5.74) is 0.803. The van der Waals surface area contributed by atoms with Crippen LogP contribution in [0, 0.1) is 0 Å². The van der Waals surface area contributed by atoms with Crippen LogP contribution in [0.2, 0.25) is 0 Å². The second-order valence-corrected chi connectivity index (χ2v) is 7.06. The molecule has 0 aliphatic heterocycles. The number of rotatable bonds is 7. The van der Waals surface area contributed by atoms with Gasteiger partial charge in [0.2, 0.25) is 11.7 Å². The zero-order valence-electron chi connectivity index (χ0n) is 15.8. The zero-order chi connectivity index (χ0) is 20.1. The summed E-state index contributed by atoms with van der Waals surface area (Å²) in [7, 11) is 3.27. The number of likely N-dealkylation sites (N-methyl/N-ethyl adjacent to an activating group) is 1. The van der Waals surface area contributed by atoms with E-state index in [0.717, 1.165) is 15.8 Å². The van der Waals surface area contributed by atoms with Crippen LogP contribution in [-0.2, 0) is 11.3 Å². The molecule has 0 N–H and O–H groups in total. The third kappa shape index (κ3) is 4.89. The Bertz CT molecular complexity index is 925. The molecule has 0 saturated carbocycles. The number of aromatic nitrogens is 2. The van der Waals surface area contributed by atoms with Gasteiger partial charge in [-0.25, -0.2) is 0 Å². The van der Waals surface area contributed by atoms with Crippen molar-refractivity contribution in [1.29, 1.82) is 0 Å². The van der Waals surface area contributed by atoms with Crippen molar-refractivity contribution in [3.05, 3.63) is 58.9 Å². The molecule has 7 nitrogen and oxygen atoms in total. The van der Waals surface area contributed by atoms with Gasteiger partial charge in [-0.1, -0.05) is 21.1 Å². The first kappa shape index (κ1) is 19.9. The Labute approximate surface area is 171 Å². The molecule has 0 aliphatic carbocycles. The van der Waals surface area contributed by atoms with Gasteiger partial charge < -0.3 is 18.9 Å². The molecule has 2 aromatic carbocycles. The highest BCUT2D eigenvalue weighted by Gasteiger charge is 2.21. The quantitative estimate of drug-likeness (QED) is 0.548. The lowest BCUT2D eigenvalue weighted by Crippen LogP contribution is -2.37. The van der Waals surface area contributed by atoms with Crippen molar-refractivity contribution < 1.29 is 18.8 Å². The topological polar surface area (TPSA) is 77.7 Å². The van der Waals surface area contributed by atoms with Crippen molar-refractivity contribution in [2.24, 2.45) is 0 Å². The maximum Gasteiger partial charge on any atom is 0.263 e. The molecule has 1 aromatic heterocycles. The number of carbonyl (C=O) groups is 1. The van der Waals surface area contributed by atoms with E-state index in [9.17, 15) is 4.79 Å². The van der Waals surface area contributed by atoms with E-state index in [1.165, 1.54) is 4.90 Å². The standard InChI is InChI=1S/C20H20BrN3O4/c1-13(27-17-10-6-15(21)7-11-17)20(25)24(2)12-18-22-19(23-28-18)14-4-8-16(26-3)9-5-14/h4-11,13H,12H2,1-3H3/t13-/m0/s1. The molecule has 146 valence electrons. The van der Waals surface area contributed by atoms with E-state index in [1.807, 2.05) is 36.4 Å². The Morgan fingerprint density at radius 2 is 1.79 bits per heavy atom. The van der Waals surface area contributed by atoms with Crippen LogP contribution in [0.4, 0.5) is 0 Å². The van der Waals surface area contributed by atoms with Gasteiger partial charge in [-0.3, -0.25) is 4.79 Å². The number of carbonyl (C=O) groups excluding carboxylic acids is 1. The third-order valence-electron chi connectivity index (χ3n) is 4.04. The van der Waals surface area contributed by atoms with Gasteiger partial charge >= 0.3 is 0 Å². The molecule has 0 radical (unpaired) electrons. The van der Waals surface area contributed by atoms with Crippen molar-refractivity contribution in [1.82, 2.24) is 15.0 Å². The van der Waals surface area contributed by atoms with E-state index in [-0.39, 0.29) is 12.5 Å². The van der Waals surface area contributed by atoms with Gasteiger partial charge in [0.15, 0.2) is 6.10 Å². The van der Waals surface area contributed by atoms with E-state index in [0.29, 0.717) is 17.5 Å². The maximum absolute atomic E-state index is 12.6. The molecule has 0 saturated heterocycles. The number of halogens is 1. The predicted octanol–water partition coefficient (Wildman–Crippen LogP) is 3.93. The number of nitrogens with zero attached hydrogens (tertiary/aromatic N) is 3. The van der Waals surface area contributed by atoms with Crippen molar-refractivity contribution >= 4 is 21.8 Å². The zero-order valence-corrected chi connectivity index (χ0v) is 17.3. The normalized spacial score (nSPS) is 11.7. The molecule has 0 bridgehead atoms. The van der Waals surface area contributed by atoms with Crippen LogP contribution < -0.4 is 9.47 Å². The molecular weight excluding hydrogens is 426 g/mol. The molecule has 0 fully saturated rings. The first-order valence-corrected chi connectivity index (χ1v) is 9.40. The molecule has 0 spiro atoms. The lowest BCUT2D eigenvalue weighted by Gasteiger charge is -2.20. The van der Waals surface area contributed by atoms with E-state index in [1.54, 1.807) is 33.2 Å². The number of hydrogen-bond acceptors (Lipinski definition) is 6. The lowest BCUT2D eigenvalue weighted by atomic mass is 10.2. The maximum atomic E-state index is 12.6. The summed E-state index contributed by atoms with van der Waals surface area (Å²) in [5.74, 6) is 1.98. The third-order valence-corrected chi connectivity index (χ3v) is 4.57. The Morgan fingerprint density at radius 1 is 1.14 bits per heavy atom. The van der Waals surface area contributed by atoms with E-state index >= 15 is 0 Å². The van der Waals surface area contributed by atoms with E-state index < -0.39 is 6.10 Å². The summed E-state index contributed by atoms with van der Waals surface area (Å²) in [6, 6.07) is 14.6. The predicted molar refractivity (Wildman–Crippen MR) is 107 cm³/mol. The highest BCUT2D eigenvalue weighted by molar-refractivity contribution is 9.10. The molecule has 0 unspecified atom stereocenters. The molecule has 3 rings (SSSR count). The van der Waals surface area contributed by atoms with E-state index in [4.69, 9.17) is 14.0 Å². The smallest absolute Gasteiger partial charge is 0.263 e. The van der Waals surface area contributed by atoms with Gasteiger partial charge in [-0.05, 0) is 55.5 Å². The fourth-order valence-corrected chi connectivity index (χ4v) is 2.80. The largest absolute Gasteiger partial charge is 0.497 e. The number of benzene rings is 2. The first-order valence-electron chi connectivity index (χ1n) is 8.60. The molecule has 8 heteroatoms. The van der Waals surface area contributed by atoms with Crippen molar-refractivity contribution in [2.75, 3.05) is 14.2 Å². The van der Waals surface area contributed by atoms with Crippen LogP contribution >= 0.6 is 15.9 Å². The van der Waals surface area contributed by atoms with Crippen molar-refractivity contribution in [2.45, 2.75) is 19.6 Å². The number of methoxy groups -OCH3 is 1. The minimum Gasteiger partial charge on any atom is -0.497 e. The van der Waals surface area contributed by atoms with Crippen LogP contribution in [0.3, 0.4) is 0 Å². The average molecular weight is 446 g/mol. The van der Waals surface area contributed by atoms with Crippen LogP contribution in [0.15, 0.2) is 57.5 Å². The summed E-state index contributed by atoms with van der Waals surface area (Å²) in [6.07, 6.45) is -0.643. The SMILES string of the molecule is COc1ccc(-c2noc(CN(C)C(=O)[C@H](C)Oc3ccc(Br)cc3)n2)cc1. The van der Waals surface area contributed by atoms with Gasteiger partial charge in [-0.2, -0.15) is 4.98 Å². The Kier molecular flexibility index (Phi) is 6.30. The van der Waals surface area contributed by atoms with Crippen LogP contribution in [0.1, 0.15) is 12.8 Å². The fourth-order valence-electron chi connectivity index (χ4n) is 2.54. The number of ether oxygens (including phenoxy) is 2. The highest BCUT2D eigenvalue weighted by Crippen LogP contribution is 2.21. The summed E-state index contributed by atoms with van der Waals surface area (Å²) in [6.45, 7) is 1.90. The highest BCUT2D eigenvalue weighted by atomic mass is 79.9. The number of hydrogen-bond donors (Lipinski definition) is 0. The van der Waals surface area contributed by atoms with Gasteiger partial charge in [0.1, 0.15) is 11.5 Å². The molecule has 28 heavy (non-hydrogen) atoms. The van der Waals surface area contributed by atoms with Crippen LogP contribution in [-0.4, -0.2) is 41.2 Å². The average Bonchev–Trinajstić information content (AvgIpc) is 3.17. The van der Waals surface area contributed by atoms with Gasteiger partial charge in [0, 0.05) is 17.1 Å². The second-order valence-electron chi connectivity index (χ2n) is 6.15. The summed E-state index contributed by atoms with van der Waals surface area (Å²) < 4.78 is 17.1. The van der Waals surface area contributed by atoms with Gasteiger partial charge in [0.05, 0.1) is 13.7 Å². The minimum absolute atomic E-state index is 0.188. The minimum atomic E-state index is -0.643. The lowest BCUT2D eigenvalue weighted by molar-refractivity contribution is -0.137. The summed E-state index contributed by atoms with van der Waals surface area (Å²) in [5, 5.41) is 3.97. The van der Waals surface area contributed by atoms with Crippen LogP contribution in [0.25, 0.3) is 11.4 Å². The van der Waals surface area contributed by atoms with Crippen molar-refractivity contribution in [3.8, 4) is 22.9 Å². The molecule has 1 atom stereocenters. The molecule has 3 aromatic rings. The fraction of sp³-hybridized carbons (Fsp3) is 0.250. The van der Waals surface area contributed by atoms with Crippen molar-refractivity contribution in [3.63, 3.8) is 0 Å². The van der Waals surface area contributed by atoms with E-state index in [2.05, 4.69) is 26.1 Å². The molecule has 1 heterocycles. The van der Waals surface area contributed by atoms with Gasteiger partial charge in [-0.15, -0.1) is 0 Å². The Morgan fingerprint density at radius 3 is 2.43 bits per heavy atom. The number of amides is 1. The Hall–Kier alpha value is -2.87.